The zero-order valence-electron chi connectivity index (χ0n) is 12.5. The Labute approximate surface area is 125 Å². The fraction of sp³-hybridized carbons (Fsp3) is 0.562. The number of hydrogen-bond acceptors (Lipinski definition) is 4. The molecule has 5 heteroatoms. The lowest BCUT2D eigenvalue weighted by Crippen LogP contribution is -2.38. The van der Waals surface area contributed by atoms with Crippen LogP contribution in [0.4, 0.5) is 0 Å². The maximum absolute atomic E-state index is 11.4. The van der Waals surface area contributed by atoms with Crippen molar-refractivity contribution in [1.82, 2.24) is 10.2 Å². The summed E-state index contributed by atoms with van der Waals surface area (Å²) in [5, 5.41) is 12.5. The highest BCUT2D eigenvalue weighted by Crippen LogP contribution is 2.14. The zero-order valence-corrected chi connectivity index (χ0v) is 12.5. The van der Waals surface area contributed by atoms with Crippen LogP contribution in [-0.4, -0.2) is 55.4 Å². The minimum absolute atomic E-state index is 0.630. The van der Waals surface area contributed by atoms with Crippen molar-refractivity contribution in [3.8, 4) is 0 Å². The van der Waals surface area contributed by atoms with Crippen molar-refractivity contribution in [2.75, 3.05) is 39.4 Å². The molecule has 0 spiro atoms. The van der Waals surface area contributed by atoms with E-state index in [2.05, 4.69) is 10.2 Å². The van der Waals surface area contributed by atoms with Crippen LogP contribution in [0.5, 0.6) is 0 Å². The number of rotatable bonds is 7. The third kappa shape index (κ3) is 5.12. The maximum Gasteiger partial charge on any atom is 0.325 e. The van der Waals surface area contributed by atoms with Crippen molar-refractivity contribution in [2.45, 2.75) is 19.4 Å². The van der Waals surface area contributed by atoms with Crippen LogP contribution in [0.2, 0.25) is 0 Å². The first-order chi connectivity index (χ1) is 10.2. The first-order valence-corrected chi connectivity index (χ1v) is 7.49. The van der Waals surface area contributed by atoms with Crippen molar-refractivity contribution < 1.29 is 14.6 Å². The van der Waals surface area contributed by atoms with E-state index in [-0.39, 0.29) is 0 Å². The number of nitrogens with zero attached hydrogens (tertiary/aromatic N) is 1. The molecule has 1 aliphatic rings. The second-order valence-electron chi connectivity index (χ2n) is 5.45. The van der Waals surface area contributed by atoms with Gasteiger partial charge in [0.15, 0.2) is 0 Å². The minimum atomic E-state index is -0.827. The molecule has 1 aromatic carbocycles. The molecule has 1 aromatic rings. The Morgan fingerprint density at radius 2 is 2.19 bits per heavy atom. The average molecular weight is 292 g/mol. The Morgan fingerprint density at radius 1 is 1.43 bits per heavy atom. The predicted molar refractivity (Wildman–Crippen MR) is 81.4 cm³/mol. The topological polar surface area (TPSA) is 61.8 Å². The molecule has 0 radical (unpaired) electrons. The fourth-order valence-electron chi connectivity index (χ4n) is 2.57. The summed E-state index contributed by atoms with van der Waals surface area (Å²) in [6.45, 7) is 7.20. The van der Waals surface area contributed by atoms with E-state index < -0.39 is 12.0 Å². The van der Waals surface area contributed by atoms with Crippen LogP contribution >= 0.6 is 0 Å². The number of nitrogens with one attached hydrogen (secondary N) is 1. The quantitative estimate of drug-likeness (QED) is 0.745. The third-order valence-electron chi connectivity index (χ3n) is 3.73. The van der Waals surface area contributed by atoms with E-state index in [0.717, 1.165) is 50.4 Å². The first kappa shape index (κ1) is 15.9. The van der Waals surface area contributed by atoms with E-state index in [1.54, 1.807) is 0 Å². The fourth-order valence-corrected chi connectivity index (χ4v) is 2.57. The van der Waals surface area contributed by atoms with Crippen LogP contribution in [0.1, 0.15) is 23.6 Å². The summed E-state index contributed by atoms with van der Waals surface area (Å²) in [5.41, 5.74) is 1.89. The molecule has 1 unspecified atom stereocenters. The van der Waals surface area contributed by atoms with Gasteiger partial charge >= 0.3 is 5.97 Å². The molecule has 21 heavy (non-hydrogen) atoms. The van der Waals surface area contributed by atoms with Gasteiger partial charge in [-0.25, -0.2) is 0 Å². The van der Waals surface area contributed by atoms with Crippen molar-refractivity contribution >= 4 is 5.97 Å². The van der Waals surface area contributed by atoms with E-state index in [4.69, 9.17) is 4.74 Å². The molecular formula is C16H24N2O3. The number of carboxylic acids is 1. The lowest BCUT2D eigenvalue weighted by Gasteiger charge is -2.26. The van der Waals surface area contributed by atoms with E-state index >= 15 is 0 Å². The number of carboxylic acid groups (broad SMARTS) is 1. The Hall–Kier alpha value is -1.43. The van der Waals surface area contributed by atoms with Gasteiger partial charge < -0.3 is 15.2 Å². The summed E-state index contributed by atoms with van der Waals surface area (Å²) in [7, 11) is 0. The van der Waals surface area contributed by atoms with E-state index in [0.29, 0.717) is 6.54 Å². The highest BCUT2D eigenvalue weighted by Gasteiger charge is 2.19. The van der Waals surface area contributed by atoms with Gasteiger partial charge in [-0.1, -0.05) is 29.8 Å². The van der Waals surface area contributed by atoms with Gasteiger partial charge in [-0.2, -0.15) is 0 Å². The number of hydrogen-bond donors (Lipinski definition) is 2. The van der Waals surface area contributed by atoms with Crippen molar-refractivity contribution in [3.63, 3.8) is 0 Å². The average Bonchev–Trinajstić information content (AvgIpc) is 2.48. The number of benzene rings is 1. The van der Waals surface area contributed by atoms with Crippen molar-refractivity contribution in [1.29, 1.82) is 0 Å². The molecule has 116 valence electrons. The summed E-state index contributed by atoms with van der Waals surface area (Å²) >= 11 is 0. The number of carbonyl (C=O) groups is 1. The maximum atomic E-state index is 11.4. The van der Waals surface area contributed by atoms with Crippen molar-refractivity contribution in [2.24, 2.45) is 0 Å². The summed E-state index contributed by atoms with van der Waals surface area (Å²) in [4.78, 5) is 13.8. The van der Waals surface area contributed by atoms with Crippen LogP contribution < -0.4 is 5.32 Å². The normalized spacial score (nSPS) is 17.6. The Bertz CT molecular complexity index is 459. The summed E-state index contributed by atoms with van der Waals surface area (Å²) < 4.78 is 5.31. The molecule has 1 atom stereocenters. The third-order valence-corrected chi connectivity index (χ3v) is 3.73. The number of morpholine rings is 1. The van der Waals surface area contributed by atoms with Gasteiger partial charge in [0.2, 0.25) is 0 Å². The van der Waals surface area contributed by atoms with Crippen LogP contribution in [-0.2, 0) is 9.53 Å². The van der Waals surface area contributed by atoms with E-state index in [9.17, 15) is 9.90 Å². The highest BCUT2D eigenvalue weighted by atomic mass is 16.5. The summed E-state index contributed by atoms with van der Waals surface area (Å²) in [6.07, 6.45) is 0.940. The van der Waals surface area contributed by atoms with Crippen LogP contribution in [0.3, 0.4) is 0 Å². The monoisotopic (exact) mass is 292 g/mol. The number of ether oxygens (including phenoxy) is 1. The number of aryl methyl sites for hydroxylation is 1. The molecule has 0 amide bonds. The van der Waals surface area contributed by atoms with Gasteiger partial charge in [0.05, 0.1) is 13.2 Å². The zero-order chi connectivity index (χ0) is 15.1. The largest absolute Gasteiger partial charge is 0.480 e. The van der Waals surface area contributed by atoms with Gasteiger partial charge in [0.1, 0.15) is 6.04 Å². The van der Waals surface area contributed by atoms with Gasteiger partial charge in [-0.05, 0) is 32.0 Å². The lowest BCUT2D eigenvalue weighted by atomic mass is 10.0. The molecule has 0 aliphatic carbocycles. The molecule has 1 aliphatic heterocycles. The van der Waals surface area contributed by atoms with Gasteiger partial charge in [-0.3, -0.25) is 9.69 Å². The van der Waals surface area contributed by atoms with Crippen LogP contribution in [0.15, 0.2) is 24.3 Å². The summed E-state index contributed by atoms with van der Waals surface area (Å²) in [6, 6.07) is 7.03. The molecule has 2 rings (SSSR count). The molecule has 0 saturated carbocycles. The SMILES string of the molecule is Cc1cccc(C(NCCCN2CCOCC2)C(=O)O)c1. The highest BCUT2D eigenvalue weighted by molar-refractivity contribution is 5.75. The molecular weight excluding hydrogens is 268 g/mol. The second kappa shape index (κ2) is 8.12. The molecule has 1 saturated heterocycles. The second-order valence-corrected chi connectivity index (χ2v) is 5.45. The Balaban J connectivity index is 1.79. The Morgan fingerprint density at radius 3 is 2.86 bits per heavy atom. The molecule has 2 N–H and O–H groups in total. The Kier molecular flexibility index (Phi) is 6.17. The van der Waals surface area contributed by atoms with E-state index in [1.807, 2.05) is 31.2 Å². The summed E-state index contributed by atoms with van der Waals surface area (Å²) in [5.74, 6) is -0.827. The smallest absolute Gasteiger partial charge is 0.325 e. The van der Waals surface area contributed by atoms with Crippen LogP contribution in [0, 0.1) is 6.92 Å². The molecule has 1 fully saturated rings. The molecule has 0 aromatic heterocycles. The first-order valence-electron chi connectivity index (χ1n) is 7.49. The van der Waals surface area contributed by atoms with Gasteiger partial charge in [-0.15, -0.1) is 0 Å². The van der Waals surface area contributed by atoms with Crippen molar-refractivity contribution in [3.05, 3.63) is 35.4 Å². The predicted octanol–water partition coefficient (Wildman–Crippen LogP) is 1.43. The van der Waals surface area contributed by atoms with E-state index in [1.165, 1.54) is 0 Å². The van der Waals surface area contributed by atoms with Gasteiger partial charge in [0, 0.05) is 13.1 Å². The molecule has 0 bridgehead atoms. The lowest BCUT2D eigenvalue weighted by molar-refractivity contribution is -0.139. The molecule has 5 nitrogen and oxygen atoms in total. The van der Waals surface area contributed by atoms with Gasteiger partial charge in [0.25, 0.3) is 0 Å². The minimum Gasteiger partial charge on any atom is -0.480 e. The molecule has 1 heterocycles. The number of aliphatic carboxylic acids is 1. The standard InChI is InChI=1S/C16H24N2O3/c1-13-4-2-5-14(12-13)15(16(19)20)17-6-3-7-18-8-10-21-11-9-18/h2,4-5,12,15,17H,3,6-11H2,1H3,(H,19,20). The van der Waals surface area contributed by atoms with Crippen LogP contribution in [0.25, 0.3) is 0 Å².